The summed E-state index contributed by atoms with van der Waals surface area (Å²) in [5, 5.41) is 2.22. The fraction of sp³-hybridized carbons (Fsp3) is 0.556. The normalized spacial score (nSPS) is 15.9. The second-order valence-electron chi connectivity index (χ2n) is 6.60. The molecule has 2 amide bonds. The van der Waals surface area contributed by atoms with Gasteiger partial charge in [-0.3, -0.25) is 9.59 Å². The van der Waals surface area contributed by atoms with Crippen LogP contribution in [0.5, 0.6) is 0 Å². The fourth-order valence-corrected chi connectivity index (χ4v) is 2.95. The van der Waals surface area contributed by atoms with E-state index in [4.69, 9.17) is 0 Å². The highest BCUT2D eigenvalue weighted by atomic mass is 19.4. The number of carbonyl (C=O) groups excluding carboxylic acids is 2. The Hall–Kier alpha value is -2.26. The first-order valence-electron chi connectivity index (χ1n) is 8.84. The number of likely N-dealkylation sites (tertiary alicyclic amines) is 1. The van der Waals surface area contributed by atoms with Crippen LogP contribution < -0.4 is 5.32 Å². The third kappa shape index (κ3) is 6.13. The maximum Gasteiger partial charge on any atom is 0.416 e. The average Bonchev–Trinajstić information content (AvgIpc) is 2.89. The standard InChI is InChI=1S/C18H20F6N2O2/c19-17(20,21)13-9-12(10-14(11-13)18(22,23)24)16(28)25-6-5-15(27)26-7-3-1-2-4-8-26/h9-11H,1-8H2,(H,25,28). The van der Waals surface area contributed by atoms with E-state index in [2.05, 4.69) is 5.32 Å². The first-order valence-corrected chi connectivity index (χ1v) is 8.84. The van der Waals surface area contributed by atoms with Crippen LogP contribution in [0.2, 0.25) is 0 Å². The smallest absolute Gasteiger partial charge is 0.352 e. The molecule has 1 aromatic carbocycles. The van der Waals surface area contributed by atoms with Gasteiger partial charge >= 0.3 is 12.4 Å². The minimum atomic E-state index is -5.03. The molecule has 0 unspecified atom stereocenters. The third-order valence-corrected chi connectivity index (χ3v) is 4.43. The zero-order valence-corrected chi connectivity index (χ0v) is 14.9. The number of rotatable bonds is 4. The summed E-state index contributed by atoms with van der Waals surface area (Å²) >= 11 is 0. The molecule has 1 aliphatic rings. The Morgan fingerprint density at radius 2 is 1.36 bits per heavy atom. The number of hydrogen-bond acceptors (Lipinski definition) is 2. The summed E-state index contributed by atoms with van der Waals surface area (Å²) in [5.74, 6) is -1.30. The lowest BCUT2D eigenvalue weighted by Crippen LogP contribution is -2.35. The van der Waals surface area contributed by atoms with Crippen LogP contribution in [0.4, 0.5) is 26.3 Å². The molecule has 0 atom stereocenters. The highest BCUT2D eigenvalue weighted by Crippen LogP contribution is 2.36. The number of nitrogens with zero attached hydrogens (tertiary/aromatic N) is 1. The summed E-state index contributed by atoms with van der Waals surface area (Å²) in [6.07, 6.45) is -6.32. The number of amides is 2. The molecular formula is C18H20F6N2O2. The van der Waals surface area contributed by atoms with Gasteiger partial charge < -0.3 is 10.2 Å². The topological polar surface area (TPSA) is 49.4 Å². The summed E-state index contributed by atoms with van der Waals surface area (Å²) in [4.78, 5) is 25.8. The predicted molar refractivity (Wildman–Crippen MR) is 88.4 cm³/mol. The number of halogens is 6. The predicted octanol–water partition coefficient (Wildman–Crippen LogP) is 4.25. The fourth-order valence-electron chi connectivity index (χ4n) is 2.95. The van der Waals surface area contributed by atoms with Crippen molar-refractivity contribution >= 4 is 11.8 Å². The molecule has 1 N–H and O–H groups in total. The van der Waals surface area contributed by atoms with Gasteiger partial charge in [-0.05, 0) is 31.0 Å². The quantitative estimate of drug-likeness (QED) is 0.755. The van der Waals surface area contributed by atoms with Gasteiger partial charge in [-0.15, -0.1) is 0 Å². The van der Waals surface area contributed by atoms with E-state index < -0.39 is 35.0 Å². The maximum absolute atomic E-state index is 12.8. The Kier molecular flexibility index (Phi) is 6.95. The highest BCUT2D eigenvalue weighted by molar-refractivity contribution is 5.95. The third-order valence-electron chi connectivity index (χ3n) is 4.43. The zero-order chi connectivity index (χ0) is 20.9. The first kappa shape index (κ1) is 22.0. The van der Waals surface area contributed by atoms with E-state index in [-0.39, 0.29) is 24.9 Å². The molecular weight excluding hydrogens is 390 g/mol. The van der Waals surface area contributed by atoms with Crippen molar-refractivity contribution in [3.05, 3.63) is 34.9 Å². The molecule has 0 aromatic heterocycles. The van der Waals surface area contributed by atoms with Gasteiger partial charge in [0.1, 0.15) is 0 Å². The lowest BCUT2D eigenvalue weighted by molar-refractivity contribution is -0.143. The van der Waals surface area contributed by atoms with E-state index in [9.17, 15) is 35.9 Å². The van der Waals surface area contributed by atoms with Crippen LogP contribution in [0.15, 0.2) is 18.2 Å². The number of hydrogen-bond donors (Lipinski definition) is 1. The van der Waals surface area contributed by atoms with Gasteiger partial charge in [0, 0.05) is 31.6 Å². The summed E-state index contributed by atoms with van der Waals surface area (Å²) in [6.45, 7) is 1.04. The average molecular weight is 410 g/mol. The minimum absolute atomic E-state index is 0.0420. The van der Waals surface area contributed by atoms with E-state index in [0.29, 0.717) is 25.2 Å². The summed E-state index contributed by atoms with van der Waals surface area (Å²) in [5.41, 5.74) is -3.88. The van der Waals surface area contributed by atoms with Crippen molar-refractivity contribution in [1.82, 2.24) is 10.2 Å². The van der Waals surface area contributed by atoms with Gasteiger partial charge in [0.25, 0.3) is 5.91 Å². The van der Waals surface area contributed by atoms with E-state index >= 15 is 0 Å². The van der Waals surface area contributed by atoms with Crippen molar-refractivity contribution in [3.8, 4) is 0 Å². The van der Waals surface area contributed by atoms with Gasteiger partial charge in [-0.25, -0.2) is 0 Å². The Morgan fingerprint density at radius 3 is 1.82 bits per heavy atom. The molecule has 1 saturated heterocycles. The highest BCUT2D eigenvalue weighted by Gasteiger charge is 2.37. The van der Waals surface area contributed by atoms with E-state index in [1.165, 1.54) is 0 Å². The Morgan fingerprint density at radius 1 is 0.857 bits per heavy atom. The molecule has 0 aliphatic carbocycles. The molecule has 4 nitrogen and oxygen atoms in total. The van der Waals surface area contributed by atoms with Crippen LogP contribution in [0.25, 0.3) is 0 Å². The van der Waals surface area contributed by atoms with Crippen molar-refractivity contribution in [1.29, 1.82) is 0 Å². The molecule has 0 bridgehead atoms. The summed E-state index contributed by atoms with van der Waals surface area (Å²) in [6, 6.07) is 0.683. The Balaban J connectivity index is 2.04. The van der Waals surface area contributed by atoms with Gasteiger partial charge in [-0.2, -0.15) is 26.3 Å². The van der Waals surface area contributed by atoms with Crippen LogP contribution in [-0.2, 0) is 17.1 Å². The van der Waals surface area contributed by atoms with Crippen molar-refractivity contribution in [2.45, 2.75) is 44.5 Å². The molecule has 10 heteroatoms. The second-order valence-corrected chi connectivity index (χ2v) is 6.60. The van der Waals surface area contributed by atoms with Crippen LogP contribution in [0, 0.1) is 0 Å². The molecule has 1 heterocycles. The summed E-state index contributed by atoms with van der Waals surface area (Å²) in [7, 11) is 0. The number of alkyl halides is 6. The minimum Gasteiger partial charge on any atom is -0.352 e. The molecule has 2 rings (SSSR count). The van der Waals surface area contributed by atoms with Gasteiger partial charge in [-0.1, -0.05) is 12.8 Å². The van der Waals surface area contributed by atoms with Crippen LogP contribution in [-0.4, -0.2) is 36.3 Å². The molecule has 156 valence electrons. The number of benzene rings is 1. The van der Waals surface area contributed by atoms with Crippen molar-refractivity contribution in [3.63, 3.8) is 0 Å². The Labute approximate surface area is 157 Å². The number of carbonyl (C=O) groups is 2. The molecule has 0 radical (unpaired) electrons. The Bertz CT molecular complexity index is 675. The SMILES string of the molecule is O=C(NCCC(=O)N1CCCCCC1)c1cc(C(F)(F)F)cc(C(F)(F)F)c1. The van der Waals surface area contributed by atoms with Gasteiger partial charge in [0.05, 0.1) is 11.1 Å². The molecule has 1 fully saturated rings. The van der Waals surface area contributed by atoms with Gasteiger partial charge in [0.15, 0.2) is 0 Å². The molecule has 0 spiro atoms. The van der Waals surface area contributed by atoms with E-state index in [1.807, 2.05) is 0 Å². The van der Waals surface area contributed by atoms with Crippen molar-refractivity contribution < 1.29 is 35.9 Å². The lowest BCUT2D eigenvalue weighted by atomic mass is 10.0. The molecule has 0 saturated carbocycles. The summed E-state index contributed by atoms with van der Waals surface area (Å²) < 4.78 is 77.1. The largest absolute Gasteiger partial charge is 0.416 e. The van der Waals surface area contributed by atoms with Crippen molar-refractivity contribution in [2.75, 3.05) is 19.6 Å². The van der Waals surface area contributed by atoms with Crippen LogP contribution in [0.1, 0.15) is 53.6 Å². The molecule has 1 aliphatic heterocycles. The first-order chi connectivity index (χ1) is 13.0. The van der Waals surface area contributed by atoms with Crippen molar-refractivity contribution in [2.24, 2.45) is 0 Å². The van der Waals surface area contributed by atoms with Crippen LogP contribution in [0.3, 0.4) is 0 Å². The lowest BCUT2D eigenvalue weighted by Gasteiger charge is -2.20. The molecule has 1 aromatic rings. The van der Waals surface area contributed by atoms with E-state index in [0.717, 1.165) is 25.7 Å². The second kappa shape index (κ2) is 8.83. The van der Waals surface area contributed by atoms with Gasteiger partial charge in [0.2, 0.25) is 5.91 Å². The number of nitrogens with one attached hydrogen (secondary N) is 1. The zero-order valence-electron chi connectivity index (χ0n) is 14.9. The monoisotopic (exact) mass is 410 g/mol. The van der Waals surface area contributed by atoms with Crippen LogP contribution >= 0.6 is 0 Å². The van der Waals surface area contributed by atoms with E-state index in [1.54, 1.807) is 4.90 Å². The molecule has 28 heavy (non-hydrogen) atoms. The maximum atomic E-state index is 12.8.